The minimum Gasteiger partial charge on any atom is -0.469 e. The van der Waals surface area contributed by atoms with Crippen LogP contribution in [0.1, 0.15) is 81.8 Å². The van der Waals surface area contributed by atoms with E-state index < -0.39 is 10.0 Å². The molecule has 0 radical (unpaired) electrons. The Balaban J connectivity index is 1.38. The zero-order valence-corrected chi connectivity index (χ0v) is 27.0. The number of aromatic nitrogens is 1. The normalized spacial score (nSPS) is 22.1. The maximum Gasteiger partial charge on any atom is 0.308 e. The standard InChI is InChI=1S/C35H45N3O5S/c1-24-13-15-28(16-14-24)44(41,42)38-23-29(25(2)22-33(39)37-19-7-9-26-8-4-5-10-30(26)37)34-31(11-6-12-32(34)38)36-20-17-27(18-21-36)35(40)43-3/h6,11-16,23,25-27,30H,4-5,7-10,17-22H2,1-3H3. The maximum atomic E-state index is 14.1. The van der Waals surface area contributed by atoms with Gasteiger partial charge in [0.1, 0.15) is 0 Å². The molecule has 1 aromatic heterocycles. The molecular weight excluding hydrogens is 574 g/mol. The van der Waals surface area contributed by atoms with Gasteiger partial charge in [0.25, 0.3) is 10.0 Å². The highest BCUT2D eigenvalue weighted by Crippen LogP contribution is 2.41. The zero-order valence-electron chi connectivity index (χ0n) is 26.2. The van der Waals surface area contributed by atoms with Crippen LogP contribution in [0.5, 0.6) is 0 Å². The van der Waals surface area contributed by atoms with Crippen molar-refractivity contribution in [2.75, 3.05) is 31.6 Å². The van der Waals surface area contributed by atoms with Gasteiger partial charge < -0.3 is 14.5 Å². The van der Waals surface area contributed by atoms with Gasteiger partial charge in [-0.25, -0.2) is 12.4 Å². The van der Waals surface area contributed by atoms with E-state index in [1.165, 1.54) is 36.8 Å². The van der Waals surface area contributed by atoms with Gasteiger partial charge in [0.15, 0.2) is 0 Å². The number of carbonyl (C=O) groups excluding carboxylic acids is 2. The first-order chi connectivity index (χ1) is 21.2. The summed E-state index contributed by atoms with van der Waals surface area (Å²) in [6.45, 7) is 6.14. The predicted molar refractivity (Wildman–Crippen MR) is 172 cm³/mol. The number of nitrogens with zero attached hydrogens (tertiary/aromatic N) is 3. The van der Waals surface area contributed by atoms with Crippen molar-refractivity contribution >= 4 is 38.5 Å². The Morgan fingerprint density at radius 1 is 0.932 bits per heavy atom. The number of esters is 1. The first-order valence-electron chi connectivity index (χ1n) is 16.3. The molecule has 0 N–H and O–H groups in total. The van der Waals surface area contributed by atoms with Crippen LogP contribution in [-0.4, -0.2) is 62.0 Å². The molecule has 3 fully saturated rings. The number of hydrogen-bond donors (Lipinski definition) is 0. The van der Waals surface area contributed by atoms with Gasteiger partial charge in [0, 0.05) is 49.4 Å². The van der Waals surface area contributed by atoms with E-state index in [1.54, 1.807) is 18.3 Å². The van der Waals surface area contributed by atoms with Gasteiger partial charge in [-0.15, -0.1) is 0 Å². The highest BCUT2D eigenvalue weighted by molar-refractivity contribution is 7.90. The Morgan fingerprint density at radius 3 is 2.36 bits per heavy atom. The van der Waals surface area contributed by atoms with Crippen molar-refractivity contribution in [1.82, 2.24) is 8.87 Å². The molecule has 3 aliphatic rings. The molecule has 6 rings (SSSR count). The Hall–Kier alpha value is -3.33. The number of anilines is 1. The fourth-order valence-corrected chi connectivity index (χ4v) is 9.24. The number of likely N-dealkylation sites (tertiary alicyclic amines) is 1. The molecule has 2 aliphatic heterocycles. The molecule has 1 saturated carbocycles. The molecule has 3 atom stereocenters. The number of piperidine rings is 2. The number of methoxy groups -OCH3 is 1. The van der Waals surface area contributed by atoms with Gasteiger partial charge in [-0.05, 0) is 87.1 Å². The monoisotopic (exact) mass is 619 g/mol. The van der Waals surface area contributed by atoms with Crippen LogP contribution in [0.2, 0.25) is 0 Å². The van der Waals surface area contributed by atoms with Crippen molar-refractivity contribution in [3.05, 3.63) is 59.8 Å². The Bertz CT molecular complexity index is 1620. The summed E-state index contributed by atoms with van der Waals surface area (Å²) in [5, 5.41) is 0.870. The third-order valence-electron chi connectivity index (χ3n) is 10.3. The van der Waals surface area contributed by atoms with Crippen LogP contribution in [0.3, 0.4) is 0 Å². The molecule has 2 aromatic carbocycles. The van der Waals surface area contributed by atoms with Crippen molar-refractivity contribution in [1.29, 1.82) is 0 Å². The molecule has 1 aliphatic carbocycles. The lowest BCUT2D eigenvalue weighted by molar-refractivity contribution is -0.146. The Morgan fingerprint density at radius 2 is 1.64 bits per heavy atom. The molecule has 8 nitrogen and oxygen atoms in total. The first kappa shape index (κ1) is 30.7. The quantitative estimate of drug-likeness (QED) is 0.291. The van der Waals surface area contributed by atoms with E-state index in [-0.39, 0.29) is 28.6 Å². The first-order valence-corrected chi connectivity index (χ1v) is 17.7. The van der Waals surface area contributed by atoms with E-state index in [0.717, 1.165) is 41.6 Å². The van der Waals surface area contributed by atoms with Crippen LogP contribution < -0.4 is 4.90 Å². The molecular formula is C35H45N3O5S. The van der Waals surface area contributed by atoms with Crippen LogP contribution in [0, 0.1) is 18.8 Å². The lowest BCUT2D eigenvalue weighted by Gasteiger charge is -2.44. The Labute approximate surface area is 261 Å². The minimum atomic E-state index is -3.89. The summed E-state index contributed by atoms with van der Waals surface area (Å²) in [4.78, 5) is 30.7. The van der Waals surface area contributed by atoms with Crippen LogP contribution in [0.15, 0.2) is 53.6 Å². The smallest absolute Gasteiger partial charge is 0.308 e. The van der Waals surface area contributed by atoms with E-state index in [4.69, 9.17) is 4.74 Å². The average molecular weight is 620 g/mol. The summed E-state index contributed by atoms with van der Waals surface area (Å²) >= 11 is 0. The van der Waals surface area contributed by atoms with Gasteiger partial charge in [-0.2, -0.15) is 0 Å². The summed E-state index contributed by atoms with van der Waals surface area (Å²) in [6.07, 6.45) is 10.4. The molecule has 0 bridgehead atoms. The largest absolute Gasteiger partial charge is 0.469 e. The molecule has 9 heteroatoms. The topological polar surface area (TPSA) is 88.9 Å². The lowest BCUT2D eigenvalue weighted by Crippen LogP contribution is -2.49. The third-order valence-corrected chi connectivity index (χ3v) is 12.0. The zero-order chi connectivity index (χ0) is 31.0. The fraction of sp³-hybridized carbons (Fsp3) is 0.543. The van der Waals surface area contributed by atoms with Gasteiger partial charge in [0.05, 0.1) is 23.4 Å². The summed E-state index contributed by atoms with van der Waals surface area (Å²) < 4.78 is 34.6. The van der Waals surface area contributed by atoms with Crippen molar-refractivity contribution in [2.45, 2.75) is 88.5 Å². The number of hydrogen-bond acceptors (Lipinski definition) is 6. The molecule has 3 heterocycles. The fourth-order valence-electron chi connectivity index (χ4n) is 7.87. The summed E-state index contributed by atoms with van der Waals surface area (Å²) in [5.41, 5.74) is 3.41. The van der Waals surface area contributed by atoms with E-state index in [1.807, 2.05) is 37.3 Å². The van der Waals surface area contributed by atoms with Gasteiger partial charge in [0.2, 0.25) is 5.91 Å². The predicted octanol–water partition coefficient (Wildman–Crippen LogP) is 6.25. The third kappa shape index (κ3) is 5.75. The van der Waals surface area contributed by atoms with Gasteiger partial charge in [-0.1, -0.05) is 43.5 Å². The second-order valence-corrected chi connectivity index (χ2v) is 14.9. The molecule has 3 aromatic rings. The van der Waals surface area contributed by atoms with E-state index in [0.29, 0.717) is 49.8 Å². The highest BCUT2D eigenvalue weighted by Gasteiger charge is 2.37. The van der Waals surface area contributed by atoms with E-state index in [2.05, 4.69) is 16.7 Å². The number of fused-ring (bicyclic) bond motifs is 2. The van der Waals surface area contributed by atoms with Crippen LogP contribution in [0.25, 0.3) is 10.9 Å². The number of ether oxygens (including phenoxy) is 1. The summed E-state index contributed by atoms with van der Waals surface area (Å²) in [7, 11) is -2.46. The SMILES string of the molecule is COC(=O)C1CCN(c2cccc3c2c(C(C)CC(=O)N2CCCC4CCCCC42)cn3S(=O)(=O)c2ccc(C)cc2)CC1. The molecule has 1 amide bonds. The highest BCUT2D eigenvalue weighted by atomic mass is 32.2. The van der Waals surface area contributed by atoms with E-state index >= 15 is 0 Å². The van der Waals surface area contributed by atoms with Gasteiger partial charge >= 0.3 is 5.97 Å². The number of carbonyl (C=O) groups is 2. The molecule has 3 unspecified atom stereocenters. The van der Waals surface area contributed by atoms with Crippen molar-refractivity contribution in [2.24, 2.45) is 11.8 Å². The van der Waals surface area contributed by atoms with Crippen molar-refractivity contribution in [3.63, 3.8) is 0 Å². The van der Waals surface area contributed by atoms with Gasteiger partial charge in [-0.3, -0.25) is 9.59 Å². The molecule has 0 spiro atoms. The van der Waals surface area contributed by atoms with Crippen molar-refractivity contribution in [3.8, 4) is 0 Å². The maximum absolute atomic E-state index is 14.1. The molecule has 236 valence electrons. The summed E-state index contributed by atoms with van der Waals surface area (Å²) in [6, 6.07) is 13.1. The van der Waals surface area contributed by atoms with Crippen LogP contribution in [0.4, 0.5) is 5.69 Å². The number of aryl methyl sites for hydroxylation is 1. The Kier molecular flexibility index (Phi) is 8.77. The van der Waals surface area contributed by atoms with Crippen LogP contribution in [-0.2, 0) is 24.3 Å². The second-order valence-electron chi connectivity index (χ2n) is 13.1. The molecule has 2 saturated heterocycles. The number of amides is 1. The molecule has 44 heavy (non-hydrogen) atoms. The average Bonchev–Trinajstić information content (AvgIpc) is 3.45. The van der Waals surface area contributed by atoms with Crippen molar-refractivity contribution < 1.29 is 22.7 Å². The second kappa shape index (κ2) is 12.6. The lowest BCUT2D eigenvalue weighted by atomic mass is 9.78. The van der Waals surface area contributed by atoms with E-state index in [9.17, 15) is 18.0 Å². The number of benzene rings is 2. The minimum absolute atomic E-state index is 0.133. The van der Waals surface area contributed by atoms with Crippen LogP contribution >= 0.6 is 0 Å². The number of rotatable bonds is 7. The summed E-state index contributed by atoms with van der Waals surface area (Å²) in [5.74, 6) is 0.290.